The summed E-state index contributed by atoms with van der Waals surface area (Å²) in [6.45, 7) is 1.16. The molecule has 1 aromatic heterocycles. The van der Waals surface area contributed by atoms with Crippen LogP contribution in [0, 0.1) is 11.3 Å². The van der Waals surface area contributed by atoms with Gasteiger partial charge in [0.15, 0.2) is 5.16 Å². The normalized spacial score (nSPS) is 15.6. The first-order chi connectivity index (χ1) is 14.2. The zero-order chi connectivity index (χ0) is 20.5. The third-order valence-electron chi connectivity index (χ3n) is 5.15. The molecule has 1 aliphatic carbocycles. The lowest BCUT2D eigenvalue weighted by molar-refractivity contribution is -0.120. The Bertz CT molecular complexity index is 841. The van der Waals surface area contributed by atoms with E-state index in [1.165, 1.54) is 11.8 Å². The molecule has 0 radical (unpaired) electrons. The van der Waals surface area contributed by atoms with E-state index in [9.17, 15) is 10.1 Å². The topological polar surface area (TPSA) is 92.8 Å². The molecule has 7 nitrogen and oxygen atoms in total. The molecule has 1 N–H and O–H groups in total. The summed E-state index contributed by atoms with van der Waals surface area (Å²) in [5, 5.41) is 21.8. The van der Waals surface area contributed by atoms with Gasteiger partial charge in [0.2, 0.25) is 5.91 Å². The van der Waals surface area contributed by atoms with E-state index in [0.717, 1.165) is 43.5 Å². The Morgan fingerprint density at radius 2 is 2.03 bits per heavy atom. The van der Waals surface area contributed by atoms with Crippen LogP contribution in [0.4, 0.5) is 0 Å². The average molecular weight is 414 g/mol. The minimum Gasteiger partial charge on any atom is -0.383 e. The maximum atomic E-state index is 12.5. The number of rotatable bonds is 9. The molecule has 29 heavy (non-hydrogen) atoms. The second-order valence-corrected chi connectivity index (χ2v) is 8.24. The number of nitrogens with one attached hydrogen (secondary N) is 1. The van der Waals surface area contributed by atoms with Gasteiger partial charge in [-0.3, -0.25) is 4.79 Å². The largest absolute Gasteiger partial charge is 0.383 e. The van der Waals surface area contributed by atoms with Crippen LogP contribution in [0.5, 0.6) is 0 Å². The highest BCUT2D eigenvalue weighted by Gasteiger charge is 2.33. The monoisotopic (exact) mass is 413 g/mol. The van der Waals surface area contributed by atoms with Crippen molar-refractivity contribution >= 4 is 17.7 Å². The zero-order valence-electron chi connectivity index (χ0n) is 16.8. The number of nitriles is 1. The van der Waals surface area contributed by atoms with Crippen LogP contribution in [0.1, 0.15) is 43.5 Å². The third-order valence-corrected chi connectivity index (χ3v) is 6.12. The Morgan fingerprint density at radius 1 is 1.28 bits per heavy atom. The van der Waals surface area contributed by atoms with Gasteiger partial charge in [0, 0.05) is 20.1 Å². The van der Waals surface area contributed by atoms with E-state index in [-0.39, 0.29) is 11.7 Å². The summed E-state index contributed by atoms with van der Waals surface area (Å²) in [4.78, 5) is 12.5. The van der Waals surface area contributed by atoms with Crippen molar-refractivity contribution in [1.29, 1.82) is 5.26 Å². The van der Waals surface area contributed by atoms with Crippen molar-refractivity contribution < 1.29 is 9.53 Å². The summed E-state index contributed by atoms with van der Waals surface area (Å²) in [6.07, 6.45) is 5.21. The number of amides is 1. The molecule has 0 atom stereocenters. The van der Waals surface area contributed by atoms with E-state index in [4.69, 9.17) is 4.74 Å². The molecule has 1 saturated carbocycles. The molecule has 0 unspecified atom stereocenters. The van der Waals surface area contributed by atoms with Gasteiger partial charge in [0.05, 0.1) is 18.4 Å². The molecular weight excluding hydrogens is 386 g/mol. The average Bonchev–Trinajstić information content (AvgIpc) is 3.13. The number of aromatic nitrogens is 3. The van der Waals surface area contributed by atoms with E-state index in [2.05, 4.69) is 33.7 Å². The van der Waals surface area contributed by atoms with Gasteiger partial charge in [-0.2, -0.15) is 5.26 Å². The number of carbonyl (C=O) groups is 1. The number of benzene rings is 1. The first kappa shape index (κ1) is 21.3. The van der Waals surface area contributed by atoms with Gasteiger partial charge < -0.3 is 14.6 Å². The minimum atomic E-state index is -0.710. The number of ether oxygens (including phenoxy) is 1. The number of methoxy groups -OCH3 is 1. The summed E-state index contributed by atoms with van der Waals surface area (Å²) in [5.41, 5.74) is 0.444. The van der Waals surface area contributed by atoms with Crippen molar-refractivity contribution in [3.8, 4) is 6.07 Å². The smallest absolute Gasteiger partial charge is 0.231 e. The van der Waals surface area contributed by atoms with E-state index in [0.29, 0.717) is 24.7 Å². The SMILES string of the molecule is COCCn1c(Cc2ccccc2)nnc1SCC(=O)NC1(C#N)CCCCC1. The standard InChI is InChI=1S/C21H27N5O2S/c1-28-13-12-26-18(14-17-8-4-2-5-9-17)24-25-20(26)29-15-19(27)23-21(16-22)10-6-3-7-11-21/h2,4-5,8-9H,3,6-7,10-15H2,1H3,(H,23,27). The summed E-state index contributed by atoms with van der Waals surface area (Å²) >= 11 is 1.35. The Hall–Kier alpha value is -2.37. The fourth-order valence-electron chi connectivity index (χ4n) is 3.60. The summed E-state index contributed by atoms with van der Waals surface area (Å²) in [7, 11) is 1.66. The molecule has 1 fully saturated rings. The van der Waals surface area contributed by atoms with Crippen molar-refractivity contribution in [3.63, 3.8) is 0 Å². The third kappa shape index (κ3) is 5.81. The molecule has 0 spiro atoms. The van der Waals surface area contributed by atoms with Gasteiger partial charge in [0.1, 0.15) is 11.4 Å². The van der Waals surface area contributed by atoms with E-state index in [1.54, 1.807) is 7.11 Å². The van der Waals surface area contributed by atoms with Crippen LogP contribution in [0.2, 0.25) is 0 Å². The quantitative estimate of drug-likeness (QED) is 0.636. The van der Waals surface area contributed by atoms with Gasteiger partial charge in [0.25, 0.3) is 0 Å². The fraction of sp³-hybridized carbons (Fsp3) is 0.524. The molecule has 3 rings (SSSR count). The van der Waals surface area contributed by atoms with Gasteiger partial charge in [-0.25, -0.2) is 0 Å². The number of carbonyl (C=O) groups excluding carboxylic acids is 1. The lowest BCUT2D eigenvalue weighted by Gasteiger charge is -2.31. The second-order valence-electron chi connectivity index (χ2n) is 7.30. The van der Waals surface area contributed by atoms with Crippen molar-refractivity contribution in [2.24, 2.45) is 0 Å². The molecule has 1 heterocycles. The Labute approximate surface area is 175 Å². The predicted molar refractivity (Wildman–Crippen MR) is 111 cm³/mol. The molecule has 8 heteroatoms. The minimum absolute atomic E-state index is 0.135. The molecule has 0 saturated heterocycles. The lowest BCUT2D eigenvalue weighted by atomic mass is 9.83. The zero-order valence-corrected chi connectivity index (χ0v) is 17.6. The second kappa shape index (κ2) is 10.4. The van der Waals surface area contributed by atoms with Crippen LogP contribution in [0.3, 0.4) is 0 Å². The van der Waals surface area contributed by atoms with Crippen molar-refractivity contribution in [2.45, 2.75) is 55.8 Å². The first-order valence-corrected chi connectivity index (χ1v) is 10.9. The Balaban J connectivity index is 1.65. The van der Waals surface area contributed by atoms with E-state index >= 15 is 0 Å². The molecule has 1 amide bonds. The summed E-state index contributed by atoms with van der Waals surface area (Å²) in [5.74, 6) is 0.918. The maximum Gasteiger partial charge on any atom is 0.231 e. The van der Waals surface area contributed by atoms with Crippen LogP contribution in [-0.4, -0.2) is 45.7 Å². The highest BCUT2D eigenvalue weighted by Crippen LogP contribution is 2.28. The molecular formula is C21H27N5O2S. The first-order valence-electron chi connectivity index (χ1n) is 9.96. The molecule has 1 aliphatic rings. The molecule has 0 aliphatic heterocycles. The highest BCUT2D eigenvalue weighted by atomic mass is 32.2. The van der Waals surface area contributed by atoms with Gasteiger partial charge >= 0.3 is 0 Å². The van der Waals surface area contributed by atoms with Crippen LogP contribution >= 0.6 is 11.8 Å². The number of nitrogens with zero attached hydrogens (tertiary/aromatic N) is 4. The Morgan fingerprint density at radius 3 is 2.72 bits per heavy atom. The fourth-order valence-corrected chi connectivity index (χ4v) is 4.38. The summed E-state index contributed by atoms with van der Waals surface area (Å²) in [6, 6.07) is 12.4. The molecule has 2 aromatic rings. The van der Waals surface area contributed by atoms with Crippen LogP contribution in [-0.2, 0) is 22.5 Å². The van der Waals surface area contributed by atoms with Crippen molar-refractivity contribution in [2.75, 3.05) is 19.5 Å². The summed E-state index contributed by atoms with van der Waals surface area (Å²) < 4.78 is 7.24. The number of thioether (sulfide) groups is 1. The van der Waals surface area contributed by atoms with Gasteiger partial charge in [-0.15, -0.1) is 10.2 Å². The number of hydrogen-bond donors (Lipinski definition) is 1. The van der Waals surface area contributed by atoms with Crippen LogP contribution in [0.15, 0.2) is 35.5 Å². The van der Waals surface area contributed by atoms with Crippen molar-refractivity contribution in [1.82, 2.24) is 20.1 Å². The van der Waals surface area contributed by atoms with Crippen LogP contribution < -0.4 is 5.32 Å². The predicted octanol–water partition coefficient (Wildman–Crippen LogP) is 2.95. The van der Waals surface area contributed by atoms with E-state index in [1.807, 2.05) is 22.8 Å². The lowest BCUT2D eigenvalue weighted by Crippen LogP contribution is -2.49. The molecule has 0 bridgehead atoms. The molecule has 1 aromatic carbocycles. The van der Waals surface area contributed by atoms with Crippen molar-refractivity contribution in [3.05, 3.63) is 41.7 Å². The van der Waals surface area contributed by atoms with E-state index < -0.39 is 5.54 Å². The van der Waals surface area contributed by atoms with Gasteiger partial charge in [-0.05, 0) is 18.4 Å². The molecule has 154 valence electrons. The number of hydrogen-bond acceptors (Lipinski definition) is 6. The Kier molecular flexibility index (Phi) is 7.67. The highest BCUT2D eigenvalue weighted by molar-refractivity contribution is 7.99. The van der Waals surface area contributed by atoms with Crippen LogP contribution in [0.25, 0.3) is 0 Å². The van der Waals surface area contributed by atoms with Gasteiger partial charge in [-0.1, -0.05) is 61.4 Å². The maximum absolute atomic E-state index is 12.5.